The minimum Gasteiger partial charge on any atom is -0.370 e. The molecule has 7 nitrogen and oxygen atoms in total. The summed E-state index contributed by atoms with van der Waals surface area (Å²) >= 11 is 0. The number of rotatable bonds is 7. The number of hydrogen-bond acceptors (Lipinski definition) is 5. The maximum Gasteiger partial charge on any atom is 0.224 e. The molecule has 0 spiro atoms. The highest BCUT2D eigenvalue weighted by molar-refractivity contribution is 5.88. The van der Waals surface area contributed by atoms with Crippen molar-refractivity contribution in [2.45, 2.75) is 19.3 Å². The molecule has 27 heavy (non-hydrogen) atoms. The molecule has 1 aliphatic rings. The quantitative estimate of drug-likeness (QED) is 0.560. The summed E-state index contributed by atoms with van der Waals surface area (Å²) in [7, 11) is 0. The molecular formula is C20H24N6O. The molecular weight excluding hydrogens is 340 g/mol. The van der Waals surface area contributed by atoms with E-state index in [1.807, 2.05) is 36.5 Å². The molecule has 1 fully saturated rings. The summed E-state index contributed by atoms with van der Waals surface area (Å²) in [5.74, 6) is 0.753. The van der Waals surface area contributed by atoms with Gasteiger partial charge < -0.3 is 20.5 Å². The van der Waals surface area contributed by atoms with E-state index in [2.05, 4.69) is 30.7 Å². The van der Waals surface area contributed by atoms with E-state index in [0.29, 0.717) is 19.5 Å². The van der Waals surface area contributed by atoms with Crippen molar-refractivity contribution in [3.63, 3.8) is 0 Å². The lowest BCUT2D eigenvalue weighted by Crippen LogP contribution is -2.30. The zero-order chi connectivity index (χ0) is 18.5. The number of para-hydroxylation sites is 1. The van der Waals surface area contributed by atoms with Crippen molar-refractivity contribution < 1.29 is 4.79 Å². The Balaban J connectivity index is 1.24. The summed E-state index contributed by atoms with van der Waals surface area (Å²) in [6.45, 7) is 3.30. The largest absolute Gasteiger partial charge is 0.370 e. The van der Waals surface area contributed by atoms with Crippen LogP contribution in [0.5, 0.6) is 0 Å². The molecule has 140 valence electrons. The molecule has 0 atom stereocenters. The van der Waals surface area contributed by atoms with E-state index in [0.717, 1.165) is 41.1 Å². The van der Waals surface area contributed by atoms with Crippen molar-refractivity contribution in [2.24, 2.45) is 0 Å². The van der Waals surface area contributed by atoms with Gasteiger partial charge >= 0.3 is 0 Å². The Labute approximate surface area is 158 Å². The SMILES string of the molecule is O=C(Cc1c[nH]c2ccccc12)NCCNc1cc(N2CCCC2)cnn1. The maximum absolute atomic E-state index is 12.2. The van der Waals surface area contributed by atoms with Crippen LogP contribution in [0.1, 0.15) is 18.4 Å². The molecule has 1 saturated heterocycles. The van der Waals surface area contributed by atoms with Crippen LogP contribution in [0.3, 0.4) is 0 Å². The van der Waals surface area contributed by atoms with E-state index in [-0.39, 0.29) is 5.91 Å². The number of fused-ring (bicyclic) bond motifs is 1. The van der Waals surface area contributed by atoms with Crippen LogP contribution in [0.4, 0.5) is 11.5 Å². The molecule has 3 N–H and O–H groups in total. The number of amides is 1. The summed E-state index contributed by atoms with van der Waals surface area (Å²) in [4.78, 5) is 17.7. The second-order valence-corrected chi connectivity index (χ2v) is 6.81. The van der Waals surface area contributed by atoms with Crippen LogP contribution in [0.25, 0.3) is 10.9 Å². The first-order valence-corrected chi connectivity index (χ1v) is 9.43. The number of hydrogen-bond donors (Lipinski definition) is 3. The number of carbonyl (C=O) groups excluding carboxylic acids is 1. The van der Waals surface area contributed by atoms with Crippen LogP contribution in [-0.2, 0) is 11.2 Å². The number of benzene rings is 1. The van der Waals surface area contributed by atoms with E-state index >= 15 is 0 Å². The Kier molecular flexibility index (Phi) is 5.18. The van der Waals surface area contributed by atoms with Gasteiger partial charge in [-0.15, -0.1) is 5.10 Å². The number of aromatic nitrogens is 3. The van der Waals surface area contributed by atoms with Gasteiger partial charge in [-0.05, 0) is 24.5 Å². The highest BCUT2D eigenvalue weighted by Crippen LogP contribution is 2.20. The van der Waals surface area contributed by atoms with Gasteiger partial charge in [0.2, 0.25) is 5.91 Å². The Morgan fingerprint density at radius 2 is 2.04 bits per heavy atom. The monoisotopic (exact) mass is 364 g/mol. The fourth-order valence-corrected chi connectivity index (χ4v) is 3.50. The number of carbonyl (C=O) groups is 1. The fourth-order valence-electron chi connectivity index (χ4n) is 3.50. The van der Waals surface area contributed by atoms with Gasteiger partial charge in [-0.2, -0.15) is 5.10 Å². The van der Waals surface area contributed by atoms with Gasteiger partial charge in [0.15, 0.2) is 5.82 Å². The van der Waals surface area contributed by atoms with Crippen molar-refractivity contribution in [1.82, 2.24) is 20.5 Å². The summed E-state index contributed by atoms with van der Waals surface area (Å²) in [5, 5.41) is 15.5. The van der Waals surface area contributed by atoms with E-state index in [1.165, 1.54) is 12.8 Å². The number of nitrogens with zero attached hydrogens (tertiary/aromatic N) is 3. The highest BCUT2D eigenvalue weighted by Gasteiger charge is 2.13. The minimum atomic E-state index is 0.0125. The van der Waals surface area contributed by atoms with Crippen molar-refractivity contribution in [3.8, 4) is 0 Å². The first kappa shape index (κ1) is 17.3. The third-order valence-corrected chi connectivity index (χ3v) is 4.89. The Morgan fingerprint density at radius 1 is 1.19 bits per heavy atom. The number of H-pyrrole nitrogens is 1. The van der Waals surface area contributed by atoms with Crippen LogP contribution in [0, 0.1) is 0 Å². The van der Waals surface area contributed by atoms with Crippen molar-refractivity contribution in [3.05, 3.63) is 48.3 Å². The second-order valence-electron chi connectivity index (χ2n) is 6.81. The smallest absolute Gasteiger partial charge is 0.224 e. The van der Waals surface area contributed by atoms with E-state index in [4.69, 9.17) is 0 Å². The Hall–Kier alpha value is -3.09. The minimum absolute atomic E-state index is 0.0125. The van der Waals surface area contributed by atoms with Gasteiger partial charge in [-0.1, -0.05) is 18.2 Å². The lowest BCUT2D eigenvalue weighted by Gasteiger charge is -2.17. The zero-order valence-electron chi connectivity index (χ0n) is 15.2. The third kappa shape index (κ3) is 4.19. The summed E-state index contributed by atoms with van der Waals surface area (Å²) < 4.78 is 0. The van der Waals surface area contributed by atoms with E-state index in [9.17, 15) is 4.79 Å². The van der Waals surface area contributed by atoms with Crippen molar-refractivity contribution in [1.29, 1.82) is 0 Å². The summed E-state index contributed by atoms with van der Waals surface area (Å²) in [5.41, 5.74) is 3.17. The number of aromatic amines is 1. The van der Waals surface area contributed by atoms with Crippen molar-refractivity contribution in [2.75, 3.05) is 36.4 Å². The van der Waals surface area contributed by atoms with E-state index in [1.54, 1.807) is 6.20 Å². The zero-order valence-corrected chi connectivity index (χ0v) is 15.2. The van der Waals surface area contributed by atoms with Crippen LogP contribution < -0.4 is 15.5 Å². The van der Waals surface area contributed by atoms with Crippen LogP contribution in [0.15, 0.2) is 42.7 Å². The molecule has 7 heteroatoms. The molecule has 0 aliphatic carbocycles. The van der Waals surface area contributed by atoms with E-state index < -0.39 is 0 Å². The molecule has 3 heterocycles. The topological polar surface area (TPSA) is 85.9 Å². The lowest BCUT2D eigenvalue weighted by molar-refractivity contribution is -0.120. The standard InChI is InChI=1S/C20H24N6O/c27-20(11-15-13-23-18-6-2-1-5-17(15)18)22-8-7-21-19-12-16(14-24-25-19)26-9-3-4-10-26/h1-2,5-6,12-14,23H,3-4,7-11H2,(H,21,25)(H,22,27). The summed E-state index contributed by atoms with van der Waals surface area (Å²) in [6, 6.07) is 10.0. The average molecular weight is 364 g/mol. The first-order valence-electron chi connectivity index (χ1n) is 9.43. The average Bonchev–Trinajstić information content (AvgIpc) is 3.36. The molecule has 1 amide bonds. The molecule has 4 rings (SSSR count). The van der Waals surface area contributed by atoms with Gasteiger partial charge in [-0.3, -0.25) is 4.79 Å². The molecule has 1 aromatic carbocycles. The predicted molar refractivity (Wildman–Crippen MR) is 107 cm³/mol. The van der Waals surface area contributed by atoms with Crippen LogP contribution in [-0.4, -0.2) is 47.3 Å². The fraction of sp³-hybridized carbons (Fsp3) is 0.350. The van der Waals surface area contributed by atoms with Gasteiger partial charge in [0, 0.05) is 49.3 Å². The lowest BCUT2D eigenvalue weighted by atomic mass is 10.1. The van der Waals surface area contributed by atoms with Gasteiger partial charge in [-0.25, -0.2) is 0 Å². The van der Waals surface area contributed by atoms with Crippen molar-refractivity contribution >= 4 is 28.3 Å². The Bertz CT molecular complexity index is 915. The maximum atomic E-state index is 12.2. The third-order valence-electron chi connectivity index (χ3n) is 4.89. The molecule has 0 bridgehead atoms. The van der Waals surface area contributed by atoms with Crippen LogP contribution >= 0.6 is 0 Å². The molecule has 3 aromatic rings. The Morgan fingerprint density at radius 3 is 2.93 bits per heavy atom. The van der Waals surface area contributed by atoms with Gasteiger partial charge in [0.25, 0.3) is 0 Å². The predicted octanol–water partition coefficient (Wildman–Crippen LogP) is 2.33. The normalized spacial score (nSPS) is 13.9. The molecule has 0 saturated carbocycles. The summed E-state index contributed by atoms with van der Waals surface area (Å²) in [6.07, 6.45) is 6.54. The first-order chi connectivity index (χ1) is 13.3. The molecule has 0 radical (unpaired) electrons. The highest BCUT2D eigenvalue weighted by atomic mass is 16.1. The number of anilines is 2. The van der Waals surface area contributed by atoms with Gasteiger partial charge in [0.05, 0.1) is 18.3 Å². The molecule has 0 unspecified atom stereocenters. The van der Waals surface area contributed by atoms with Gasteiger partial charge in [0.1, 0.15) is 0 Å². The number of nitrogens with one attached hydrogen (secondary N) is 3. The molecule has 1 aliphatic heterocycles. The second kappa shape index (κ2) is 8.07. The molecule has 2 aromatic heterocycles. The van der Waals surface area contributed by atoms with Crippen LogP contribution in [0.2, 0.25) is 0 Å².